The van der Waals surface area contributed by atoms with Crippen molar-refractivity contribution in [3.8, 4) is 5.75 Å². The number of ether oxygens (including phenoxy) is 2. The Morgan fingerprint density at radius 2 is 1.93 bits per heavy atom. The highest BCUT2D eigenvalue weighted by Gasteiger charge is 2.31. The number of alkyl halides is 3. The molecule has 1 N–H and O–H groups in total. The molecule has 0 saturated heterocycles. The average molecular weight is 383 g/mol. The van der Waals surface area contributed by atoms with Crippen molar-refractivity contribution in [1.82, 2.24) is 15.0 Å². The first-order valence-corrected chi connectivity index (χ1v) is 7.78. The number of aromatic nitrogens is 3. The Morgan fingerprint density at radius 3 is 2.70 bits per heavy atom. The van der Waals surface area contributed by atoms with E-state index in [4.69, 9.17) is 4.74 Å². The molecule has 1 aromatic carbocycles. The lowest BCUT2D eigenvalue weighted by molar-refractivity contribution is -0.274. The standard InChI is InChI=1S/C17H13F4N3O3/c18-13-5-4-12-15(22-13)23-14(24-16(12)25)9-26-7-6-10-2-1-3-11(8-10)27-17(19,20)21/h1-5,8H,6-7,9H2,(H,22,23,24,25). The molecule has 0 amide bonds. The predicted molar refractivity (Wildman–Crippen MR) is 86.6 cm³/mol. The number of aromatic amines is 1. The maximum atomic E-state index is 13.2. The van der Waals surface area contributed by atoms with Crippen molar-refractivity contribution >= 4 is 11.0 Å². The van der Waals surface area contributed by atoms with Crippen LogP contribution in [0.3, 0.4) is 0 Å². The molecule has 142 valence electrons. The Hall–Kier alpha value is -3.01. The van der Waals surface area contributed by atoms with E-state index in [-0.39, 0.29) is 35.8 Å². The molecule has 0 atom stereocenters. The van der Waals surface area contributed by atoms with Gasteiger partial charge in [-0.3, -0.25) is 4.79 Å². The molecular formula is C17H13F4N3O3. The van der Waals surface area contributed by atoms with Gasteiger partial charge >= 0.3 is 6.36 Å². The first-order chi connectivity index (χ1) is 12.8. The molecule has 3 rings (SSSR count). The van der Waals surface area contributed by atoms with Crippen molar-refractivity contribution in [3.63, 3.8) is 0 Å². The van der Waals surface area contributed by atoms with Crippen LogP contribution >= 0.6 is 0 Å². The Morgan fingerprint density at radius 1 is 1.11 bits per heavy atom. The van der Waals surface area contributed by atoms with Crippen molar-refractivity contribution in [2.45, 2.75) is 19.4 Å². The summed E-state index contributed by atoms with van der Waals surface area (Å²) in [6.45, 7) is 0.0932. The molecule has 2 heterocycles. The van der Waals surface area contributed by atoms with Gasteiger partial charge in [-0.1, -0.05) is 12.1 Å². The van der Waals surface area contributed by atoms with Gasteiger partial charge in [-0.25, -0.2) is 4.98 Å². The summed E-state index contributed by atoms with van der Waals surface area (Å²) in [5.74, 6) is -0.901. The number of pyridine rings is 1. The van der Waals surface area contributed by atoms with E-state index in [1.165, 1.54) is 24.3 Å². The van der Waals surface area contributed by atoms with Crippen LogP contribution in [0, 0.1) is 5.95 Å². The summed E-state index contributed by atoms with van der Waals surface area (Å²) in [5.41, 5.74) is 0.0814. The first kappa shape index (κ1) is 18.8. The molecule has 6 nitrogen and oxygen atoms in total. The average Bonchev–Trinajstić information content (AvgIpc) is 2.57. The van der Waals surface area contributed by atoms with Gasteiger partial charge in [-0.05, 0) is 36.2 Å². The molecule has 27 heavy (non-hydrogen) atoms. The topological polar surface area (TPSA) is 77.1 Å². The third kappa shape index (κ3) is 5.23. The normalized spacial score (nSPS) is 11.7. The minimum atomic E-state index is -4.75. The van der Waals surface area contributed by atoms with Gasteiger partial charge in [0.15, 0.2) is 5.65 Å². The zero-order chi connectivity index (χ0) is 19.4. The van der Waals surface area contributed by atoms with Crippen LogP contribution in [-0.2, 0) is 17.8 Å². The second-order valence-corrected chi connectivity index (χ2v) is 5.52. The smallest absolute Gasteiger partial charge is 0.406 e. The molecule has 0 saturated carbocycles. The van der Waals surface area contributed by atoms with Gasteiger partial charge < -0.3 is 14.5 Å². The van der Waals surface area contributed by atoms with Crippen LogP contribution in [0.25, 0.3) is 11.0 Å². The number of benzene rings is 1. The number of nitrogens with one attached hydrogen (secondary N) is 1. The largest absolute Gasteiger partial charge is 0.573 e. The number of hydrogen-bond acceptors (Lipinski definition) is 5. The Balaban J connectivity index is 1.58. The fraction of sp³-hybridized carbons (Fsp3) is 0.235. The number of fused-ring (bicyclic) bond motifs is 1. The van der Waals surface area contributed by atoms with Crippen molar-refractivity contribution in [3.05, 3.63) is 64.1 Å². The van der Waals surface area contributed by atoms with Gasteiger partial charge in [0.25, 0.3) is 5.56 Å². The minimum Gasteiger partial charge on any atom is -0.406 e. The number of hydrogen-bond donors (Lipinski definition) is 1. The monoisotopic (exact) mass is 383 g/mol. The summed E-state index contributed by atoms with van der Waals surface area (Å²) in [4.78, 5) is 22.0. The van der Waals surface area contributed by atoms with Crippen LogP contribution in [0.15, 0.2) is 41.2 Å². The van der Waals surface area contributed by atoms with Gasteiger partial charge in [0, 0.05) is 0 Å². The molecule has 0 spiro atoms. The van der Waals surface area contributed by atoms with Crippen LogP contribution in [0.1, 0.15) is 11.4 Å². The molecule has 0 aliphatic carbocycles. The molecule has 0 fully saturated rings. The minimum absolute atomic E-state index is 0.0330. The van der Waals surface area contributed by atoms with Crippen LogP contribution in [0.4, 0.5) is 17.6 Å². The summed E-state index contributed by atoms with van der Waals surface area (Å²) in [7, 11) is 0. The second-order valence-electron chi connectivity index (χ2n) is 5.52. The van der Waals surface area contributed by atoms with Gasteiger partial charge in [-0.2, -0.15) is 9.37 Å². The van der Waals surface area contributed by atoms with E-state index in [0.29, 0.717) is 12.0 Å². The number of rotatable bonds is 6. The van der Waals surface area contributed by atoms with Crippen molar-refractivity contribution < 1.29 is 27.0 Å². The Labute approximate surface area is 149 Å². The SMILES string of the molecule is O=c1[nH]c(COCCc2cccc(OC(F)(F)F)c2)nc2nc(F)ccc12. The van der Waals surface area contributed by atoms with E-state index < -0.39 is 17.9 Å². The summed E-state index contributed by atoms with van der Waals surface area (Å²) < 4.78 is 59.1. The summed E-state index contributed by atoms with van der Waals surface area (Å²) in [6, 6.07) is 7.89. The molecule has 0 bridgehead atoms. The van der Waals surface area contributed by atoms with E-state index in [0.717, 1.165) is 6.07 Å². The fourth-order valence-electron chi connectivity index (χ4n) is 2.37. The molecule has 0 radical (unpaired) electrons. The zero-order valence-corrected chi connectivity index (χ0v) is 13.7. The maximum Gasteiger partial charge on any atom is 0.573 e. The molecular weight excluding hydrogens is 370 g/mol. The molecule has 2 aromatic heterocycles. The molecule has 0 aliphatic heterocycles. The molecule has 0 aliphatic rings. The van der Waals surface area contributed by atoms with E-state index in [1.807, 2.05) is 0 Å². The third-order valence-corrected chi connectivity index (χ3v) is 3.49. The van der Waals surface area contributed by atoms with Gasteiger partial charge in [0.05, 0.1) is 12.0 Å². The lowest BCUT2D eigenvalue weighted by atomic mass is 10.1. The van der Waals surface area contributed by atoms with Crippen molar-refractivity contribution in [2.24, 2.45) is 0 Å². The van der Waals surface area contributed by atoms with Crippen LogP contribution < -0.4 is 10.3 Å². The van der Waals surface area contributed by atoms with E-state index in [9.17, 15) is 22.4 Å². The highest BCUT2D eigenvalue weighted by Crippen LogP contribution is 2.23. The van der Waals surface area contributed by atoms with Crippen LogP contribution in [0.2, 0.25) is 0 Å². The predicted octanol–water partition coefficient (Wildman–Crippen LogP) is 3.12. The Kier molecular flexibility index (Phi) is 5.36. The van der Waals surface area contributed by atoms with Crippen molar-refractivity contribution in [2.75, 3.05) is 6.61 Å². The molecule has 3 aromatic rings. The van der Waals surface area contributed by atoms with Crippen LogP contribution in [0.5, 0.6) is 5.75 Å². The highest BCUT2D eigenvalue weighted by atomic mass is 19.4. The quantitative estimate of drug-likeness (QED) is 0.402. The molecule has 10 heteroatoms. The summed E-state index contributed by atoms with van der Waals surface area (Å²) >= 11 is 0. The van der Waals surface area contributed by atoms with E-state index in [1.54, 1.807) is 6.07 Å². The maximum absolute atomic E-state index is 13.2. The van der Waals surface area contributed by atoms with Gasteiger partial charge in [0.1, 0.15) is 18.2 Å². The third-order valence-electron chi connectivity index (χ3n) is 3.49. The molecule has 0 unspecified atom stereocenters. The van der Waals surface area contributed by atoms with Crippen molar-refractivity contribution in [1.29, 1.82) is 0 Å². The van der Waals surface area contributed by atoms with E-state index in [2.05, 4.69) is 19.7 Å². The highest BCUT2D eigenvalue weighted by molar-refractivity contribution is 5.72. The summed E-state index contributed by atoms with van der Waals surface area (Å²) in [6.07, 6.45) is -4.43. The fourth-order valence-corrected chi connectivity index (χ4v) is 2.37. The lowest BCUT2D eigenvalue weighted by Gasteiger charge is -2.10. The first-order valence-electron chi connectivity index (χ1n) is 7.78. The second kappa shape index (κ2) is 7.70. The van der Waals surface area contributed by atoms with Gasteiger partial charge in [0.2, 0.25) is 5.95 Å². The van der Waals surface area contributed by atoms with E-state index >= 15 is 0 Å². The van der Waals surface area contributed by atoms with Gasteiger partial charge in [-0.15, -0.1) is 13.2 Å². The number of H-pyrrole nitrogens is 1. The number of nitrogens with zero attached hydrogens (tertiary/aromatic N) is 2. The van der Waals surface area contributed by atoms with Crippen LogP contribution in [-0.4, -0.2) is 27.9 Å². The summed E-state index contributed by atoms with van der Waals surface area (Å²) in [5, 5.41) is 0.154. The number of halogens is 4. The lowest BCUT2D eigenvalue weighted by Crippen LogP contribution is -2.17. The zero-order valence-electron chi connectivity index (χ0n) is 13.7. The Bertz CT molecular complexity index is 1000.